The Morgan fingerprint density at radius 2 is 2.38 bits per heavy atom. The molecule has 3 rings (SSSR count). The van der Waals surface area contributed by atoms with Crippen LogP contribution in [0.1, 0.15) is 25.7 Å². The molecule has 0 heterocycles. The van der Waals surface area contributed by atoms with Crippen LogP contribution in [0.4, 0.5) is 0 Å². The van der Waals surface area contributed by atoms with Crippen LogP contribution >= 0.6 is 0 Å². The van der Waals surface area contributed by atoms with E-state index in [0.29, 0.717) is 5.92 Å². The topological polar surface area (TPSA) is 0 Å². The molecule has 0 spiro atoms. The lowest BCUT2D eigenvalue weighted by molar-refractivity contribution is 0.455. The van der Waals surface area contributed by atoms with Gasteiger partial charge in [0, 0.05) is 12.3 Å². The number of hydrogen-bond donors (Lipinski definition) is 0. The first kappa shape index (κ1) is 7.61. The lowest BCUT2D eigenvalue weighted by atomic mass is 9.71. The maximum Gasteiger partial charge on any atom is 0.0202 e. The van der Waals surface area contributed by atoms with Crippen molar-refractivity contribution in [2.24, 2.45) is 11.8 Å². The summed E-state index contributed by atoms with van der Waals surface area (Å²) in [6.45, 7) is 0. The molecule has 66 valence electrons. The van der Waals surface area contributed by atoms with Gasteiger partial charge in [0.15, 0.2) is 0 Å². The Balaban J connectivity index is 1.97. The summed E-state index contributed by atoms with van der Waals surface area (Å²) in [7, 11) is 0. The van der Waals surface area contributed by atoms with Crippen LogP contribution < -0.4 is 0 Å². The lowest BCUT2D eigenvalue weighted by Crippen LogP contribution is -2.21. The zero-order chi connectivity index (χ0) is 8.67. The predicted octanol–water partition coefficient (Wildman–Crippen LogP) is 3.31. The van der Waals surface area contributed by atoms with E-state index in [-0.39, 0.29) is 0 Å². The van der Waals surface area contributed by atoms with E-state index in [9.17, 15) is 0 Å². The Hall–Kier alpha value is -0.780. The van der Waals surface area contributed by atoms with E-state index in [1.807, 2.05) is 0 Å². The van der Waals surface area contributed by atoms with Crippen molar-refractivity contribution in [1.82, 2.24) is 0 Å². The van der Waals surface area contributed by atoms with E-state index in [0.717, 1.165) is 12.3 Å². The summed E-state index contributed by atoms with van der Waals surface area (Å²) >= 11 is 0. The summed E-state index contributed by atoms with van der Waals surface area (Å²) in [5, 5.41) is 0. The van der Waals surface area contributed by atoms with Gasteiger partial charge in [-0.25, -0.2) is 0 Å². The summed E-state index contributed by atoms with van der Waals surface area (Å²) in [6, 6.07) is 0. The average Bonchev–Trinajstić information content (AvgIpc) is 2.65. The van der Waals surface area contributed by atoms with Gasteiger partial charge in [0.25, 0.3) is 0 Å². The highest BCUT2D eigenvalue weighted by Gasteiger charge is 2.31. The van der Waals surface area contributed by atoms with Gasteiger partial charge >= 0.3 is 0 Å². The third kappa shape index (κ3) is 1.12. The fourth-order valence-corrected chi connectivity index (χ4v) is 2.75. The molecule has 0 nitrogen and oxygen atoms in total. The highest BCUT2D eigenvalue weighted by molar-refractivity contribution is 5.44. The van der Waals surface area contributed by atoms with Crippen LogP contribution in [0, 0.1) is 18.3 Å². The molecule has 1 saturated carbocycles. The second-order valence-corrected chi connectivity index (χ2v) is 4.20. The summed E-state index contributed by atoms with van der Waals surface area (Å²) < 4.78 is 0. The highest BCUT2D eigenvalue weighted by Crippen LogP contribution is 2.44. The largest absolute Gasteiger partial charge is 0.0841 e. The third-order valence-corrected chi connectivity index (χ3v) is 3.43. The van der Waals surface area contributed by atoms with E-state index in [1.165, 1.54) is 24.8 Å². The monoisotopic (exact) mass is 170 g/mol. The maximum absolute atomic E-state index is 3.54. The van der Waals surface area contributed by atoms with E-state index in [2.05, 4.69) is 30.7 Å². The maximum atomic E-state index is 3.54. The number of fused-ring (bicyclic) bond motifs is 3. The molecule has 13 heavy (non-hydrogen) atoms. The molecule has 2 radical (unpaired) electrons. The minimum atomic E-state index is 0.610. The molecule has 2 unspecified atom stereocenters. The molecule has 3 aliphatic rings. The molecule has 0 aromatic heterocycles. The van der Waals surface area contributed by atoms with Gasteiger partial charge in [-0.05, 0) is 31.6 Å². The van der Waals surface area contributed by atoms with Crippen molar-refractivity contribution in [1.29, 1.82) is 0 Å². The van der Waals surface area contributed by atoms with E-state index >= 15 is 0 Å². The molecule has 1 fully saturated rings. The van der Waals surface area contributed by atoms with Crippen molar-refractivity contribution in [2.75, 3.05) is 0 Å². The van der Waals surface area contributed by atoms with Crippen molar-refractivity contribution in [3.63, 3.8) is 0 Å². The first-order valence-electron chi connectivity index (χ1n) is 5.27. The fraction of sp³-hybridized carbons (Fsp3) is 0.462. The molecule has 0 bridgehead atoms. The number of allylic oxidation sites excluding steroid dienone is 6. The standard InChI is InChI=1S/C13H14/c1-2-6-12-10(4-1)8-9-11-5-3-7-13(11)12/h3,5-7,10,13H,1-2,4,8H2. The lowest BCUT2D eigenvalue weighted by Gasteiger charge is -2.34. The molecule has 0 aromatic carbocycles. The smallest absolute Gasteiger partial charge is 0.0202 e. The van der Waals surface area contributed by atoms with Gasteiger partial charge in [-0.2, -0.15) is 0 Å². The second-order valence-electron chi connectivity index (χ2n) is 4.20. The Labute approximate surface area is 80.0 Å². The van der Waals surface area contributed by atoms with Gasteiger partial charge in [0.2, 0.25) is 0 Å². The number of rotatable bonds is 0. The highest BCUT2D eigenvalue weighted by atomic mass is 14.4. The minimum Gasteiger partial charge on any atom is -0.0841 e. The normalized spacial score (nSPS) is 36.3. The van der Waals surface area contributed by atoms with E-state index < -0.39 is 0 Å². The van der Waals surface area contributed by atoms with Crippen LogP contribution in [0.5, 0.6) is 0 Å². The average molecular weight is 170 g/mol. The van der Waals surface area contributed by atoms with Gasteiger partial charge < -0.3 is 0 Å². The van der Waals surface area contributed by atoms with Crippen molar-refractivity contribution in [3.05, 3.63) is 41.9 Å². The van der Waals surface area contributed by atoms with Gasteiger partial charge in [-0.15, -0.1) is 0 Å². The van der Waals surface area contributed by atoms with Crippen molar-refractivity contribution < 1.29 is 0 Å². The van der Waals surface area contributed by atoms with Gasteiger partial charge in [0.05, 0.1) is 0 Å². The third-order valence-electron chi connectivity index (χ3n) is 3.43. The van der Waals surface area contributed by atoms with Crippen molar-refractivity contribution in [2.45, 2.75) is 25.7 Å². The number of hydrogen-bond acceptors (Lipinski definition) is 0. The summed E-state index contributed by atoms with van der Waals surface area (Å²) in [5.41, 5.74) is 3.11. The summed E-state index contributed by atoms with van der Waals surface area (Å²) in [4.78, 5) is 0. The fourth-order valence-electron chi connectivity index (χ4n) is 2.75. The summed E-state index contributed by atoms with van der Waals surface area (Å²) in [5.74, 6) is 1.43. The Morgan fingerprint density at radius 3 is 3.38 bits per heavy atom. The van der Waals surface area contributed by atoms with Gasteiger partial charge in [0.1, 0.15) is 0 Å². The van der Waals surface area contributed by atoms with Crippen LogP contribution in [-0.4, -0.2) is 0 Å². The van der Waals surface area contributed by atoms with E-state index in [4.69, 9.17) is 0 Å². The molecular formula is C13H14. The first-order valence-corrected chi connectivity index (χ1v) is 5.27. The zero-order valence-corrected chi connectivity index (χ0v) is 7.79. The molecule has 0 aromatic rings. The van der Waals surface area contributed by atoms with Gasteiger partial charge in [-0.1, -0.05) is 35.5 Å². The van der Waals surface area contributed by atoms with Crippen LogP contribution in [0.2, 0.25) is 0 Å². The molecule has 0 N–H and O–H groups in total. The van der Waals surface area contributed by atoms with E-state index in [1.54, 1.807) is 5.57 Å². The molecule has 0 heteroatoms. The Morgan fingerprint density at radius 1 is 1.38 bits per heavy atom. The molecule has 2 atom stereocenters. The van der Waals surface area contributed by atoms with Crippen molar-refractivity contribution in [3.8, 4) is 0 Å². The van der Waals surface area contributed by atoms with Crippen LogP contribution in [0.25, 0.3) is 0 Å². The molecule has 0 amide bonds. The van der Waals surface area contributed by atoms with Crippen molar-refractivity contribution >= 4 is 0 Å². The minimum absolute atomic E-state index is 0.610. The van der Waals surface area contributed by atoms with Crippen LogP contribution in [-0.2, 0) is 0 Å². The Kier molecular flexibility index (Phi) is 1.68. The Bertz CT molecular complexity index is 304. The SMILES string of the molecule is [C]1CC2CCCC=C2C2C=CC=C12. The molecular weight excluding hydrogens is 156 g/mol. The molecule has 0 aliphatic heterocycles. The van der Waals surface area contributed by atoms with Crippen LogP contribution in [0.3, 0.4) is 0 Å². The molecule has 3 aliphatic carbocycles. The first-order chi connectivity index (χ1) is 6.45. The molecule has 0 saturated heterocycles. The van der Waals surface area contributed by atoms with Gasteiger partial charge in [-0.3, -0.25) is 0 Å². The zero-order valence-electron chi connectivity index (χ0n) is 7.79. The second kappa shape index (κ2) is 2.87. The quantitative estimate of drug-likeness (QED) is 0.489. The summed E-state index contributed by atoms with van der Waals surface area (Å²) in [6.07, 6.45) is 18.0. The van der Waals surface area contributed by atoms with Crippen LogP contribution in [0.15, 0.2) is 35.5 Å². The predicted molar refractivity (Wildman–Crippen MR) is 54.0 cm³/mol.